The molecule has 2 heterocycles. The maximum absolute atomic E-state index is 12.8. The average Bonchev–Trinajstić information content (AvgIpc) is 2.64. The van der Waals surface area contributed by atoms with E-state index in [-0.39, 0.29) is 4.90 Å². The fourth-order valence-electron chi connectivity index (χ4n) is 2.91. The first kappa shape index (κ1) is 18.5. The molecule has 0 amide bonds. The van der Waals surface area contributed by atoms with Crippen molar-refractivity contribution in [3.05, 3.63) is 41.6 Å². The highest BCUT2D eigenvalue weighted by molar-refractivity contribution is 7.92. The van der Waals surface area contributed by atoms with Crippen molar-refractivity contribution in [3.8, 4) is 5.75 Å². The largest absolute Gasteiger partial charge is 0.496 e. The van der Waals surface area contributed by atoms with Crippen molar-refractivity contribution in [1.82, 2.24) is 4.98 Å². The molecule has 8 heteroatoms. The Hall–Kier alpha value is -2.32. The molecule has 2 aromatic rings. The molecule has 140 valence electrons. The molecule has 26 heavy (non-hydrogen) atoms. The van der Waals surface area contributed by atoms with Crippen molar-refractivity contribution in [2.45, 2.75) is 18.7 Å². The van der Waals surface area contributed by atoms with Crippen molar-refractivity contribution in [2.24, 2.45) is 0 Å². The Kier molecular flexibility index (Phi) is 5.33. The van der Waals surface area contributed by atoms with Gasteiger partial charge in [0.2, 0.25) is 0 Å². The van der Waals surface area contributed by atoms with Crippen LogP contribution in [0.1, 0.15) is 11.1 Å². The summed E-state index contributed by atoms with van der Waals surface area (Å²) in [5, 5.41) is 0. The van der Waals surface area contributed by atoms with E-state index < -0.39 is 10.0 Å². The van der Waals surface area contributed by atoms with Crippen LogP contribution in [0.5, 0.6) is 5.75 Å². The van der Waals surface area contributed by atoms with Gasteiger partial charge < -0.3 is 14.4 Å². The lowest BCUT2D eigenvalue weighted by Crippen LogP contribution is -2.36. The molecule has 3 rings (SSSR count). The molecule has 1 N–H and O–H groups in total. The Morgan fingerprint density at radius 3 is 2.50 bits per heavy atom. The number of aryl methyl sites for hydroxylation is 2. The lowest BCUT2D eigenvalue weighted by molar-refractivity contribution is 0.122. The van der Waals surface area contributed by atoms with Gasteiger partial charge in [-0.15, -0.1) is 0 Å². The quantitative estimate of drug-likeness (QED) is 0.861. The predicted octanol–water partition coefficient (Wildman–Crippen LogP) is 2.34. The van der Waals surface area contributed by atoms with Gasteiger partial charge in [-0.2, -0.15) is 0 Å². The molecule has 1 aliphatic rings. The van der Waals surface area contributed by atoms with E-state index in [1.165, 1.54) is 6.20 Å². The number of hydrogen-bond acceptors (Lipinski definition) is 6. The third kappa shape index (κ3) is 3.91. The number of methoxy groups -OCH3 is 1. The second kappa shape index (κ2) is 7.51. The lowest BCUT2D eigenvalue weighted by atomic mass is 10.1. The maximum Gasteiger partial charge on any atom is 0.262 e. The number of nitrogens with zero attached hydrogens (tertiary/aromatic N) is 2. The molecule has 7 nitrogen and oxygen atoms in total. The Morgan fingerprint density at radius 2 is 1.88 bits per heavy atom. The molecule has 1 aliphatic heterocycles. The number of rotatable bonds is 5. The SMILES string of the molecule is COc1cc(C)c(S(=O)(=O)Nc2ccc(N3CCOCC3)nc2)cc1C. The van der Waals surface area contributed by atoms with Crippen LogP contribution in [-0.2, 0) is 14.8 Å². The van der Waals surface area contributed by atoms with E-state index in [0.29, 0.717) is 30.2 Å². The molecule has 1 saturated heterocycles. The minimum absolute atomic E-state index is 0.230. The number of anilines is 2. The second-order valence-electron chi connectivity index (χ2n) is 6.20. The number of benzene rings is 1. The highest BCUT2D eigenvalue weighted by Crippen LogP contribution is 2.27. The Morgan fingerprint density at radius 1 is 1.15 bits per heavy atom. The molecule has 0 radical (unpaired) electrons. The van der Waals surface area contributed by atoms with E-state index >= 15 is 0 Å². The monoisotopic (exact) mass is 377 g/mol. The number of sulfonamides is 1. The molecule has 1 fully saturated rings. The van der Waals surface area contributed by atoms with Gasteiger partial charge in [0.05, 0.1) is 37.1 Å². The summed E-state index contributed by atoms with van der Waals surface area (Å²) < 4.78 is 38.7. The standard InChI is InChI=1S/C18H23N3O4S/c1-13-11-17(14(2)10-16(13)24-3)26(22,23)20-15-4-5-18(19-12-15)21-6-8-25-9-7-21/h4-5,10-12,20H,6-9H2,1-3H3. The van der Waals surface area contributed by atoms with Crippen LogP contribution in [0.3, 0.4) is 0 Å². The summed E-state index contributed by atoms with van der Waals surface area (Å²) in [6, 6.07) is 6.88. The van der Waals surface area contributed by atoms with Crippen molar-refractivity contribution >= 4 is 21.5 Å². The molecular weight excluding hydrogens is 354 g/mol. The Labute approximate surface area is 154 Å². The van der Waals surface area contributed by atoms with Crippen LogP contribution in [-0.4, -0.2) is 46.8 Å². The minimum atomic E-state index is -3.71. The van der Waals surface area contributed by atoms with Gasteiger partial charge >= 0.3 is 0 Å². The second-order valence-corrected chi connectivity index (χ2v) is 7.85. The van der Waals surface area contributed by atoms with Gasteiger partial charge in [-0.25, -0.2) is 13.4 Å². The highest BCUT2D eigenvalue weighted by atomic mass is 32.2. The van der Waals surface area contributed by atoms with E-state index in [4.69, 9.17) is 9.47 Å². The summed E-state index contributed by atoms with van der Waals surface area (Å²) >= 11 is 0. The first-order chi connectivity index (χ1) is 12.4. The summed E-state index contributed by atoms with van der Waals surface area (Å²) in [5.41, 5.74) is 1.81. The predicted molar refractivity (Wildman–Crippen MR) is 101 cm³/mol. The van der Waals surface area contributed by atoms with Gasteiger partial charge in [0, 0.05) is 13.1 Å². The maximum atomic E-state index is 12.8. The van der Waals surface area contributed by atoms with E-state index in [1.54, 1.807) is 32.2 Å². The van der Waals surface area contributed by atoms with Crippen LogP contribution >= 0.6 is 0 Å². The summed E-state index contributed by atoms with van der Waals surface area (Å²) in [6.07, 6.45) is 1.54. The fraction of sp³-hybridized carbons (Fsp3) is 0.389. The summed E-state index contributed by atoms with van der Waals surface area (Å²) in [5.74, 6) is 1.48. The zero-order chi connectivity index (χ0) is 18.7. The lowest BCUT2D eigenvalue weighted by Gasteiger charge is -2.27. The van der Waals surface area contributed by atoms with Gasteiger partial charge in [0.25, 0.3) is 10.0 Å². The molecule has 0 saturated carbocycles. The van der Waals surface area contributed by atoms with Gasteiger partial charge in [0.1, 0.15) is 11.6 Å². The minimum Gasteiger partial charge on any atom is -0.496 e. The molecule has 0 spiro atoms. The topological polar surface area (TPSA) is 80.8 Å². The number of aromatic nitrogens is 1. The normalized spacial score (nSPS) is 15.0. The van der Waals surface area contributed by atoms with Crippen molar-refractivity contribution in [2.75, 3.05) is 43.0 Å². The van der Waals surface area contributed by atoms with Crippen molar-refractivity contribution in [1.29, 1.82) is 0 Å². The zero-order valence-electron chi connectivity index (χ0n) is 15.2. The van der Waals surface area contributed by atoms with Crippen LogP contribution in [0.15, 0.2) is 35.4 Å². The molecular formula is C18H23N3O4S. The first-order valence-electron chi connectivity index (χ1n) is 8.37. The van der Waals surface area contributed by atoms with Gasteiger partial charge in [-0.3, -0.25) is 4.72 Å². The van der Waals surface area contributed by atoms with E-state index in [2.05, 4.69) is 14.6 Å². The number of hydrogen-bond donors (Lipinski definition) is 1. The summed E-state index contributed by atoms with van der Waals surface area (Å²) in [7, 11) is -2.14. The Balaban J connectivity index is 1.80. The number of pyridine rings is 1. The third-order valence-corrected chi connectivity index (χ3v) is 5.84. The van der Waals surface area contributed by atoms with Crippen LogP contribution in [0.4, 0.5) is 11.5 Å². The summed E-state index contributed by atoms with van der Waals surface area (Å²) in [6.45, 7) is 6.47. The molecule has 0 atom stereocenters. The van der Waals surface area contributed by atoms with Gasteiger partial charge in [-0.1, -0.05) is 0 Å². The highest BCUT2D eigenvalue weighted by Gasteiger charge is 2.19. The molecule has 0 bridgehead atoms. The summed E-state index contributed by atoms with van der Waals surface area (Å²) in [4.78, 5) is 6.71. The first-order valence-corrected chi connectivity index (χ1v) is 9.86. The fourth-order valence-corrected chi connectivity index (χ4v) is 4.26. The number of morpholine rings is 1. The zero-order valence-corrected chi connectivity index (χ0v) is 16.0. The van der Waals surface area contributed by atoms with Crippen molar-refractivity contribution < 1.29 is 17.9 Å². The van der Waals surface area contributed by atoms with E-state index in [1.807, 2.05) is 13.0 Å². The third-order valence-electron chi connectivity index (χ3n) is 4.32. The van der Waals surface area contributed by atoms with Crippen LogP contribution < -0.4 is 14.4 Å². The average molecular weight is 377 g/mol. The molecule has 1 aromatic heterocycles. The molecule has 1 aromatic carbocycles. The van der Waals surface area contributed by atoms with Gasteiger partial charge in [0.15, 0.2) is 0 Å². The molecule has 0 aliphatic carbocycles. The molecule has 0 unspecified atom stereocenters. The van der Waals surface area contributed by atoms with Gasteiger partial charge in [-0.05, 0) is 49.2 Å². The smallest absolute Gasteiger partial charge is 0.262 e. The number of nitrogens with one attached hydrogen (secondary N) is 1. The van der Waals surface area contributed by atoms with Crippen LogP contribution in [0.25, 0.3) is 0 Å². The van der Waals surface area contributed by atoms with E-state index in [9.17, 15) is 8.42 Å². The van der Waals surface area contributed by atoms with Crippen LogP contribution in [0, 0.1) is 13.8 Å². The number of ether oxygens (including phenoxy) is 2. The van der Waals surface area contributed by atoms with Crippen LogP contribution in [0.2, 0.25) is 0 Å². The van der Waals surface area contributed by atoms with E-state index in [0.717, 1.165) is 24.5 Å². The van der Waals surface area contributed by atoms with Crippen molar-refractivity contribution in [3.63, 3.8) is 0 Å². The Bertz CT molecular complexity index is 876.